The number of anilines is 1. The molecular weight excluding hydrogens is 314 g/mol. The van der Waals surface area contributed by atoms with E-state index in [9.17, 15) is 0 Å². The van der Waals surface area contributed by atoms with Crippen LogP contribution in [0.3, 0.4) is 0 Å². The first-order chi connectivity index (χ1) is 12.2. The maximum Gasteiger partial charge on any atom is 0.227 e. The largest absolute Gasteiger partial charge is 0.363 e. The van der Waals surface area contributed by atoms with Crippen LogP contribution >= 0.6 is 0 Å². The van der Waals surface area contributed by atoms with Gasteiger partial charge < -0.3 is 14.7 Å². The van der Waals surface area contributed by atoms with E-state index in [-0.39, 0.29) is 0 Å². The monoisotopic (exact) mass is 337 g/mol. The molecule has 0 aliphatic heterocycles. The second kappa shape index (κ2) is 8.39. The highest BCUT2D eigenvalue weighted by atomic mass is 16.5. The molecule has 0 fully saturated rings. The van der Waals surface area contributed by atoms with Crippen LogP contribution in [0.15, 0.2) is 53.2 Å². The van der Waals surface area contributed by atoms with Crippen molar-refractivity contribution in [2.75, 3.05) is 25.5 Å². The number of rotatable bonds is 8. The van der Waals surface area contributed by atoms with Gasteiger partial charge in [-0.3, -0.25) is 0 Å². The maximum absolute atomic E-state index is 5.32. The summed E-state index contributed by atoms with van der Waals surface area (Å²) in [5.41, 5.74) is 2.15. The number of aryl methyl sites for hydroxylation is 1. The van der Waals surface area contributed by atoms with Crippen LogP contribution in [0.5, 0.6) is 0 Å². The van der Waals surface area contributed by atoms with Crippen LogP contribution in [-0.4, -0.2) is 35.8 Å². The third-order valence-corrected chi connectivity index (χ3v) is 3.84. The van der Waals surface area contributed by atoms with Crippen molar-refractivity contribution in [1.82, 2.24) is 20.4 Å². The molecule has 2 aromatic heterocycles. The minimum atomic E-state index is 0.649. The molecule has 3 aromatic rings. The standard InChI is InChI=1S/C19H23N5O/c1-24(2)17-11-10-15(14-21-17)13-20-12-6-9-18-22-19(23-25-18)16-7-4-3-5-8-16/h3-5,7-8,10-11,14,20H,6,9,12-13H2,1-2H3. The summed E-state index contributed by atoms with van der Waals surface area (Å²) >= 11 is 0. The Morgan fingerprint density at radius 3 is 2.64 bits per heavy atom. The first-order valence-electron chi connectivity index (χ1n) is 8.43. The highest BCUT2D eigenvalue weighted by Crippen LogP contribution is 2.15. The second-order valence-electron chi connectivity index (χ2n) is 6.08. The van der Waals surface area contributed by atoms with Gasteiger partial charge in [0.2, 0.25) is 11.7 Å². The quantitative estimate of drug-likeness (QED) is 0.638. The molecule has 6 nitrogen and oxygen atoms in total. The van der Waals surface area contributed by atoms with E-state index in [1.807, 2.05) is 61.6 Å². The van der Waals surface area contributed by atoms with Crippen LogP contribution in [0.1, 0.15) is 17.9 Å². The van der Waals surface area contributed by atoms with Crippen LogP contribution in [-0.2, 0) is 13.0 Å². The van der Waals surface area contributed by atoms with Crippen LogP contribution in [0.4, 0.5) is 5.82 Å². The second-order valence-corrected chi connectivity index (χ2v) is 6.08. The topological polar surface area (TPSA) is 67.1 Å². The molecule has 0 amide bonds. The first-order valence-corrected chi connectivity index (χ1v) is 8.43. The number of nitrogens with one attached hydrogen (secondary N) is 1. The summed E-state index contributed by atoms with van der Waals surface area (Å²) in [4.78, 5) is 10.8. The third-order valence-electron chi connectivity index (χ3n) is 3.84. The summed E-state index contributed by atoms with van der Waals surface area (Å²) < 4.78 is 5.32. The van der Waals surface area contributed by atoms with Crippen molar-refractivity contribution in [2.45, 2.75) is 19.4 Å². The van der Waals surface area contributed by atoms with Crippen molar-refractivity contribution in [1.29, 1.82) is 0 Å². The van der Waals surface area contributed by atoms with Gasteiger partial charge in [0, 0.05) is 38.8 Å². The third kappa shape index (κ3) is 4.87. The van der Waals surface area contributed by atoms with Crippen LogP contribution in [0, 0.1) is 0 Å². The van der Waals surface area contributed by atoms with Crippen LogP contribution in [0.25, 0.3) is 11.4 Å². The Morgan fingerprint density at radius 2 is 1.92 bits per heavy atom. The summed E-state index contributed by atoms with van der Waals surface area (Å²) in [7, 11) is 3.97. The predicted octanol–water partition coefficient (Wildman–Crippen LogP) is 2.92. The van der Waals surface area contributed by atoms with Gasteiger partial charge in [-0.1, -0.05) is 41.6 Å². The van der Waals surface area contributed by atoms with Gasteiger partial charge in [0.1, 0.15) is 5.82 Å². The lowest BCUT2D eigenvalue weighted by Crippen LogP contribution is -2.16. The lowest BCUT2D eigenvalue weighted by molar-refractivity contribution is 0.375. The first kappa shape index (κ1) is 17.1. The molecule has 0 bridgehead atoms. The molecule has 0 aliphatic carbocycles. The Morgan fingerprint density at radius 1 is 1.08 bits per heavy atom. The fourth-order valence-electron chi connectivity index (χ4n) is 2.44. The van der Waals surface area contributed by atoms with E-state index >= 15 is 0 Å². The van der Waals surface area contributed by atoms with Gasteiger partial charge >= 0.3 is 0 Å². The number of hydrogen-bond acceptors (Lipinski definition) is 6. The molecule has 130 valence electrons. The number of aromatic nitrogens is 3. The predicted molar refractivity (Wildman–Crippen MR) is 98.3 cm³/mol. The fourth-order valence-corrected chi connectivity index (χ4v) is 2.44. The zero-order chi connectivity index (χ0) is 17.5. The SMILES string of the molecule is CN(C)c1ccc(CNCCCc2nc(-c3ccccc3)no2)cn1. The minimum Gasteiger partial charge on any atom is -0.363 e. The molecule has 6 heteroatoms. The van der Waals surface area contributed by atoms with Crippen molar-refractivity contribution in [3.8, 4) is 11.4 Å². The van der Waals surface area contributed by atoms with Crippen LogP contribution in [0.2, 0.25) is 0 Å². The highest BCUT2D eigenvalue weighted by Gasteiger charge is 2.07. The molecule has 0 radical (unpaired) electrons. The van der Waals surface area contributed by atoms with Gasteiger partial charge in [0.25, 0.3) is 0 Å². The summed E-state index contributed by atoms with van der Waals surface area (Å²) in [5.74, 6) is 2.29. The van der Waals surface area contributed by atoms with E-state index in [4.69, 9.17) is 4.52 Å². The molecule has 0 saturated carbocycles. The van der Waals surface area contributed by atoms with Crippen molar-refractivity contribution in [3.05, 3.63) is 60.1 Å². The molecule has 2 heterocycles. The van der Waals surface area contributed by atoms with Gasteiger partial charge in [0.05, 0.1) is 0 Å². The molecule has 0 saturated heterocycles. The van der Waals surface area contributed by atoms with Gasteiger partial charge in [-0.05, 0) is 24.6 Å². The van der Waals surface area contributed by atoms with Crippen molar-refractivity contribution < 1.29 is 4.52 Å². The van der Waals surface area contributed by atoms with E-state index < -0.39 is 0 Å². The van der Waals surface area contributed by atoms with E-state index in [2.05, 4.69) is 26.5 Å². The van der Waals surface area contributed by atoms with Gasteiger partial charge in [-0.25, -0.2) is 4.98 Å². The summed E-state index contributed by atoms with van der Waals surface area (Å²) in [6, 6.07) is 14.0. The van der Waals surface area contributed by atoms with E-state index in [1.165, 1.54) is 5.56 Å². The number of nitrogens with zero attached hydrogens (tertiary/aromatic N) is 4. The zero-order valence-corrected chi connectivity index (χ0v) is 14.6. The van der Waals surface area contributed by atoms with Crippen LogP contribution < -0.4 is 10.2 Å². The maximum atomic E-state index is 5.32. The van der Waals surface area contributed by atoms with E-state index in [0.717, 1.165) is 37.3 Å². The molecular formula is C19H23N5O. The molecule has 1 N–H and O–H groups in total. The van der Waals surface area contributed by atoms with Crippen molar-refractivity contribution in [3.63, 3.8) is 0 Å². The molecule has 0 atom stereocenters. The lowest BCUT2D eigenvalue weighted by Gasteiger charge is -2.11. The summed E-state index contributed by atoms with van der Waals surface area (Å²) in [5, 5.41) is 7.45. The highest BCUT2D eigenvalue weighted by molar-refractivity contribution is 5.53. The Hall–Kier alpha value is -2.73. The Balaban J connectivity index is 1.39. The van der Waals surface area contributed by atoms with Gasteiger partial charge in [-0.15, -0.1) is 0 Å². The number of pyridine rings is 1. The molecule has 1 aromatic carbocycles. The number of hydrogen-bond donors (Lipinski definition) is 1. The Bertz CT molecular complexity index is 768. The summed E-state index contributed by atoms with van der Waals surface area (Å²) in [6.45, 7) is 1.69. The van der Waals surface area contributed by atoms with Crippen molar-refractivity contribution >= 4 is 5.82 Å². The molecule has 25 heavy (non-hydrogen) atoms. The van der Waals surface area contributed by atoms with E-state index in [0.29, 0.717) is 11.7 Å². The Kier molecular flexibility index (Phi) is 5.74. The lowest BCUT2D eigenvalue weighted by atomic mass is 10.2. The number of benzene rings is 1. The molecule has 0 aliphatic rings. The fraction of sp³-hybridized carbons (Fsp3) is 0.316. The van der Waals surface area contributed by atoms with Gasteiger partial charge in [0.15, 0.2) is 0 Å². The smallest absolute Gasteiger partial charge is 0.227 e. The van der Waals surface area contributed by atoms with Crippen molar-refractivity contribution in [2.24, 2.45) is 0 Å². The van der Waals surface area contributed by atoms with Gasteiger partial charge in [-0.2, -0.15) is 4.98 Å². The molecule has 3 rings (SSSR count). The molecule has 0 unspecified atom stereocenters. The minimum absolute atomic E-state index is 0.649. The van der Waals surface area contributed by atoms with E-state index in [1.54, 1.807) is 0 Å². The zero-order valence-electron chi connectivity index (χ0n) is 14.6. The Labute approximate surface area is 147 Å². The average molecular weight is 337 g/mol. The average Bonchev–Trinajstić information content (AvgIpc) is 3.11. The summed E-state index contributed by atoms with van der Waals surface area (Å²) in [6.07, 6.45) is 3.62. The normalized spacial score (nSPS) is 10.8. The molecule has 0 spiro atoms.